The SMILES string of the molecule is C/C=C\C=C(\CC)C(C)OC. The molecule has 0 heterocycles. The first-order valence-corrected chi connectivity index (χ1v) is 4.10. The van der Waals surface area contributed by atoms with Crippen LogP contribution < -0.4 is 0 Å². The minimum atomic E-state index is 0.246. The average molecular weight is 154 g/mol. The van der Waals surface area contributed by atoms with Crippen LogP contribution in [0, 0.1) is 0 Å². The molecular formula is C10H18O. The van der Waals surface area contributed by atoms with Crippen LogP contribution in [0.5, 0.6) is 0 Å². The summed E-state index contributed by atoms with van der Waals surface area (Å²) < 4.78 is 5.20. The lowest BCUT2D eigenvalue weighted by molar-refractivity contribution is 0.144. The second-order valence-electron chi connectivity index (χ2n) is 2.50. The summed E-state index contributed by atoms with van der Waals surface area (Å²) in [6, 6.07) is 0. The summed E-state index contributed by atoms with van der Waals surface area (Å²) >= 11 is 0. The molecular weight excluding hydrogens is 136 g/mol. The Hall–Kier alpha value is -0.560. The Morgan fingerprint density at radius 3 is 2.55 bits per heavy atom. The van der Waals surface area contributed by atoms with Crippen LogP contribution in [0.25, 0.3) is 0 Å². The third-order valence-corrected chi connectivity index (χ3v) is 1.79. The molecule has 0 saturated heterocycles. The van der Waals surface area contributed by atoms with Gasteiger partial charge in [-0.2, -0.15) is 0 Å². The first-order chi connectivity index (χ1) is 5.26. The maximum Gasteiger partial charge on any atom is 0.0756 e. The minimum absolute atomic E-state index is 0.246. The number of hydrogen-bond acceptors (Lipinski definition) is 1. The highest BCUT2D eigenvalue weighted by molar-refractivity contribution is 5.14. The fourth-order valence-electron chi connectivity index (χ4n) is 0.912. The molecule has 0 aromatic heterocycles. The second-order valence-corrected chi connectivity index (χ2v) is 2.50. The number of methoxy groups -OCH3 is 1. The van der Waals surface area contributed by atoms with Gasteiger partial charge in [-0.15, -0.1) is 0 Å². The van der Waals surface area contributed by atoms with E-state index in [1.807, 2.05) is 19.1 Å². The van der Waals surface area contributed by atoms with Crippen molar-refractivity contribution in [2.24, 2.45) is 0 Å². The summed E-state index contributed by atoms with van der Waals surface area (Å²) in [4.78, 5) is 0. The van der Waals surface area contributed by atoms with E-state index in [2.05, 4.69) is 19.9 Å². The second kappa shape index (κ2) is 6.17. The van der Waals surface area contributed by atoms with Crippen molar-refractivity contribution < 1.29 is 4.74 Å². The predicted molar refractivity (Wildman–Crippen MR) is 49.7 cm³/mol. The van der Waals surface area contributed by atoms with Gasteiger partial charge in [-0.25, -0.2) is 0 Å². The van der Waals surface area contributed by atoms with Crippen LogP contribution in [-0.2, 0) is 4.74 Å². The lowest BCUT2D eigenvalue weighted by atomic mass is 10.1. The Balaban J connectivity index is 4.13. The van der Waals surface area contributed by atoms with E-state index in [-0.39, 0.29) is 6.10 Å². The molecule has 0 aromatic carbocycles. The van der Waals surface area contributed by atoms with Gasteiger partial charge >= 0.3 is 0 Å². The maximum absolute atomic E-state index is 5.20. The van der Waals surface area contributed by atoms with Crippen LogP contribution in [0.4, 0.5) is 0 Å². The number of hydrogen-bond donors (Lipinski definition) is 0. The molecule has 64 valence electrons. The van der Waals surface area contributed by atoms with Gasteiger partial charge in [0.25, 0.3) is 0 Å². The van der Waals surface area contributed by atoms with Gasteiger partial charge in [0, 0.05) is 7.11 Å². The molecule has 0 amide bonds. The van der Waals surface area contributed by atoms with Crippen molar-refractivity contribution in [2.45, 2.75) is 33.3 Å². The standard InChI is InChI=1S/C10H18O/c1-5-7-8-10(6-2)9(3)11-4/h5,7-9H,6H2,1-4H3/b7-5-,10-8-. The zero-order chi connectivity index (χ0) is 8.69. The summed E-state index contributed by atoms with van der Waals surface area (Å²) in [7, 11) is 1.74. The van der Waals surface area contributed by atoms with E-state index in [0.717, 1.165) is 6.42 Å². The summed E-state index contributed by atoms with van der Waals surface area (Å²) in [6.45, 7) is 6.23. The molecule has 0 bridgehead atoms. The third-order valence-electron chi connectivity index (χ3n) is 1.79. The maximum atomic E-state index is 5.20. The zero-order valence-corrected chi connectivity index (χ0v) is 7.92. The van der Waals surface area contributed by atoms with Crippen molar-refractivity contribution in [3.05, 3.63) is 23.8 Å². The third kappa shape index (κ3) is 3.99. The highest BCUT2D eigenvalue weighted by Gasteiger charge is 2.02. The van der Waals surface area contributed by atoms with Crippen molar-refractivity contribution in [1.82, 2.24) is 0 Å². The molecule has 0 saturated carbocycles. The van der Waals surface area contributed by atoms with E-state index in [1.165, 1.54) is 5.57 Å². The lowest BCUT2D eigenvalue weighted by Gasteiger charge is -2.11. The highest BCUT2D eigenvalue weighted by Crippen LogP contribution is 2.09. The van der Waals surface area contributed by atoms with E-state index in [0.29, 0.717) is 0 Å². The topological polar surface area (TPSA) is 9.23 Å². The molecule has 1 unspecified atom stereocenters. The lowest BCUT2D eigenvalue weighted by Crippen LogP contribution is -2.07. The van der Waals surface area contributed by atoms with Crippen molar-refractivity contribution >= 4 is 0 Å². The van der Waals surface area contributed by atoms with E-state index in [9.17, 15) is 0 Å². The van der Waals surface area contributed by atoms with Crippen molar-refractivity contribution in [3.8, 4) is 0 Å². The van der Waals surface area contributed by atoms with Crippen LogP contribution in [-0.4, -0.2) is 13.2 Å². The molecule has 11 heavy (non-hydrogen) atoms. The molecule has 0 fully saturated rings. The van der Waals surface area contributed by atoms with Crippen LogP contribution in [0.3, 0.4) is 0 Å². The van der Waals surface area contributed by atoms with E-state index in [1.54, 1.807) is 7.11 Å². The first-order valence-electron chi connectivity index (χ1n) is 4.10. The van der Waals surface area contributed by atoms with Gasteiger partial charge in [0.05, 0.1) is 6.10 Å². The Bertz CT molecular complexity index is 145. The molecule has 0 rings (SSSR count). The van der Waals surface area contributed by atoms with E-state index >= 15 is 0 Å². The monoisotopic (exact) mass is 154 g/mol. The normalized spacial score (nSPS) is 15.8. The largest absolute Gasteiger partial charge is 0.377 e. The zero-order valence-electron chi connectivity index (χ0n) is 7.92. The van der Waals surface area contributed by atoms with Crippen LogP contribution >= 0.6 is 0 Å². The van der Waals surface area contributed by atoms with Crippen molar-refractivity contribution in [2.75, 3.05) is 7.11 Å². The minimum Gasteiger partial charge on any atom is -0.377 e. The van der Waals surface area contributed by atoms with Gasteiger partial charge in [0.2, 0.25) is 0 Å². The molecule has 1 atom stereocenters. The Morgan fingerprint density at radius 1 is 1.55 bits per heavy atom. The highest BCUT2D eigenvalue weighted by atomic mass is 16.5. The van der Waals surface area contributed by atoms with Gasteiger partial charge in [-0.05, 0) is 25.8 Å². The predicted octanol–water partition coefficient (Wildman–Crippen LogP) is 2.93. The molecule has 1 nitrogen and oxygen atoms in total. The van der Waals surface area contributed by atoms with Crippen LogP contribution in [0.1, 0.15) is 27.2 Å². The number of allylic oxidation sites excluding steroid dienone is 3. The summed E-state index contributed by atoms with van der Waals surface area (Å²) in [5.41, 5.74) is 1.34. The van der Waals surface area contributed by atoms with Gasteiger partial charge in [0.15, 0.2) is 0 Å². The summed E-state index contributed by atoms with van der Waals surface area (Å²) in [6.07, 6.45) is 7.50. The Labute approximate surface area is 69.8 Å². The molecule has 0 radical (unpaired) electrons. The van der Waals surface area contributed by atoms with Gasteiger partial charge in [0.1, 0.15) is 0 Å². The van der Waals surface area contributed by atoms with Crippen LogP contribution in [0.2, 0.25) is 0 Å². The van der Waals surface area contributed by atoms with Crippen molar-refractivity contribution in [3.63, 3.8) is 0 Å². The number of rotatable bonds is 4. The molecule has 0 N–H and O–H groups in total. The Morgan fingerprint density at radius 2 is 2.18 bits per heavy atom. The summed E-state index contributed by atoms with van der Waals surface area (Å²) in [5.74, 6) is 0. The van der Waals surface area contributed by atoms with Crippen LogP contribution in [0.15, 0.2) is 23.8 Å². The molecule has 1 heteroatoms. The fraction of sp³-hybridized carbons (Fsp3) is 0.600. The quantitative estimate of drug-likeness (QED) is 0.566. The van der Waals surface area contributed by atoms with Gasteiger partial charge in [-0.3, -0.25) is 0 Å². The van der Waals surface area contributed by atoms with Gasteiger partial charge in [-0.1, -0.05) is 25.2 Å². The molecule has 0 spiro atoms. The molecule has 0 aliphatic carbocycles. The Kier molecular flexibility index (Phi) is 5.86. The molecule has 0 aliphatic heterocycles. The average Bonchev–Trinajstić information content (AvgIpc) is 2.05. The molecule has 0 aromatic rings. The molecule has 0 aliphatic rings. The number of ether oxygens (including phenoxy) is 1. The van der Waals surface area contributed by atoms with E-state index < -0.39 is 0 Å². The van der Waals surface area contributed by atoms with E-state index in [4.69, 9.17) is 4.74 Å². The first kappa shape index (κ1) is 10.4. The van der Waals surface area contributed by atoms with Crippen molar-refractivity contribution in [1.29, 1.82) is 0 Å². The fourth-order valence-corrected chi connectivity index (χ4v) is 0.912. The summed E-state index contributed by atoms with van der Waals surface area (Å²) in [5, 5.41) is 0. The smallest absolute Gasteiger partial charge is 0.0756 e. The van der Waals surface area contributed by atoms with Gasteiger partial charge < -0.3 is 4.74 Å².